The van der Waals surface area contributed by atoms with Crippen LogP contribution in [0.2, 0.25) is 0 Å². The molecule has 1 nitrogen and oxygen atoms in total. The van der Waals surface area contributed by atoms with Crippen LogP contribution in [0.5, 0.6) is 0 Å². The van der Waals surface area contributed by atoms with Gasteiger partial charge >= 0.3 is 0 Å². The van der Waals surface area contributed by atoms with Crippen LogP contribution in [0.25, 0.3) is 0 Å². The van der Waals surface area contributed by atoms with Crippen molar-refractivity contribution in [2.24, 2.45) is 0 Å². The van der Waals surface area contributed by atoms with E-state index in [9.17, 15) is 0 Å². The van der Waals surface area contributed by atoms with E-state index >= 15 is 0 Å². The van der Waals surface area contributed by atoms with E-state index in [0.717, 1.165) is 15.5 Å². The molecule has 1 saturated carbocycles. The van der Waals surface area contributed by atoms with Gasteiger partial charge in [-0.1, -0.05) is 82.4 Å². The van der Waals surface area contributed by atoms with Crippen LogP contribution in [-0.4, -0.2) is 10.0 Å². The van der Waals surface area contributed by atoms with E-state index in [1.54, 1.807) is 0 Å². The highest BCUT2D eigenvalue weighted by Gasteiger charge is 2.30. The van der Waals surface area contributed by atoms with E-state index in [2.05, 4.69) is 56.7 Å². The van der Waals surface area contributed by atoms with Gasteiger partial charge in [-0.2, -0.15) is 0 Å². The fourth-order valence-corrected chi connectivity index (χ4v) is 3.92. The monoisotopic (exact) mass is 422 g/mol. The third-order valence-corrected chi connectivity index (χ3v) is 5.91. The molecule has 3 heteroatoms. The van der Waals surface area contributed by atoms with Crippen molar-refractivity contribution >= 4 is 38.5 Å². The quantitative estimate of drug-likeness (QED) is 0.354. The van der Waals surface area contributed by atoms with Gasteiger partial charge in [0.05, 0.1) is 12.2 Å². The number of benzene rings is 1. The predicted molar refractivity (Wildman–Crippen MR) is 88.3 cm³/mol. The fourth-order valence-electron chi connectivity index (χ4n) is 2.54. The van der Waals surface area contributed by atoms with Crippen LogP contribution in [0.3, 0.4) is 0 Å². The molecule has 0 amide bonds. The second-order valence-corrected chi connectivity index (χ2v) is 6.73. The molecule has 2 rings (SSSR count). The van der Waals surface area contributed by atoms with Gasteiger partial charge in [0.25, 0.3) is 0 Å². The predicted octanol–water partition coefficient (Wildman–Crippen LogP) is 5.49. The van der Waals surface area contributed by atoms with Crippen LogP contribution in [0.15, 0.2) is 28.7 Å². The summed E-state index contributed by atoms with van der Waals surface area (Å²) >= 11 is 6.09. The summed E-state index contributed by atoms with van der Waals surface area (Å²) in [7, 11) is 0. The Labute approximate surface area is 132 Å². The van der Waals surface area contributed by atoms with Gasteiger partial charge in [0, 0.05) is 8.90 Å². The second kappa shape index (κ2) is 7.25. The van der Waals surface area contributed by atoms with Gasteiger partial charge in [-0.25, -0.2) is 0 Å². The molecule has 1 aliphatic rings. The van der Waals surface area contributed by atoms with Crippen molar-refractivity contribution in [2.75, 3.05) is 4.43 Å². The first kappa shape index (κ1) is 14.8. The first-order valence-electron chi connectivity index (χ1n) is 6.69. The summed E-state index contributed by atoms with van der Waals surface area (Å²) in [5.41, 5.74) is 1.37. The molecule has 1 aromatic rings. The van der Waals surface area contributed by atoms with Crippen LogP contribution in [0.1, 0.15) is 44.1 Å². The van der Waals surface area contributed by atoms with Crippen molar-refractivity contribution in [1.29, 1.82) is 0 Å². The zero-order valence-electron chi connectivity index (χ0n) is 10.6. The Kier molecular flexibility index (Phi) is 5.96. The SMILES string of the molecule is Brc1ccccc1COC1(CI)CCCCCC1. The highest BCUT2D eigenvalue weighted by atomic mass is 127. The minimum atomic E-state index is 0.117. The number of hydrogen-bond acceptors (Lipinski definition) is 1. The van der Waals surface area contributed by atoms with Crippen LogP contribution in [0, 0.1) is 0 Å². The molecule has 0 atom stereocenters. The van der Waals surface area contributed by atoms with Crippen molar-refractivity contribution in [1.82, 2.24) is 0 Å². The maximum Gasteiger partial charge on any atom is 0.0776 e. The fraction of sp³-hybridized carbons (Fsp3) is 0.600. The Balaban J connectivity index is 2.00. The van der Waals surface area contributed by atoms with Gasteiger partial charge in [-0.3, -0.25) is 0 Å². The molecule has 0 saturated heterocycles. The molecule has 18 heavy (non-hydrogen) atoms. The van der Waals surface area contributed by atoms with Crippen LogP contribution < -0.4 is 0 Å². The maximum absolute atomic E-state index is 6.33. The van der Waals surface area contributed by atoms with E-state index in [4.69, 9.17) is 4.74 Å². The van der Waals surface area contributed by atoms with Crippen LogP contribution in [0.4, 0.5) is 0 Å². The van der Waals surface area contributed by atoms with Crippen molar-refractivity contribution in [2.45, 2.75) is 50.7 Å². The maximum atomic E-state index is 6.33. The zero-order valence-corrected chi connectivity index (χ0v) is 14.4. The molecule has 1 aromatic carbocycles. The molecular weight excluding hydrogens is 403 g/mol. The Morgan fingerprint density at radius 2 is 1.78 bits per heavy atom. The Hall–Kier alpha value is 0.390. The van der Waals surface area contributed by atoms with E-state index in [-0.39, 0.29) is 5.60 Å². The molecule has 0 radical (unpaired) electrons. The zero-order chi connectivity index (χ0) is 12.8. The number of ether oxygens (including phenoxy) is 1. The van der Waals surface area contributed by atoms with Gasteiger partial charge < -0.3 is 4.74 Å². The molecule has 0 N–H and O–H groups in total. The Morgan fingerprint density at radius 1 is 1.11 bits per heavy atom. The first-order valence-corrected chi connectivity index (χ1v) is 9.01. The molecule has 0 heterocycles. The molecule has 1 aliphatic carbocycles. The summed E-state index contributed by atoms with van der Waals surface area (Å²) in [6.45, 7) is 0.727. The smallest absolute Gasteiger partial charge is 0.0776 e. The Morgan fingerprint density at radius 3 is 2.39 bits per heavy atom. The average Bonchev–Trinajstić information content (AvgIpc) is 2.64. The molecule has 0 bridgehead atoms. The summed E-state index contributed by atoms with van der Waals surface area (Å²) in [4.78, 5) is 0. The van der Waals surface area contributed by atoms with Gasteiger partial charge in [0.2, 0.25) is 0 Å². The summed E-state index contributed by atoms with van der Waals surface area (Å²) in [6, 6.07) is 8.35. The van der Waals surface area contributed by atoms with E-state index < -0.39 is 0 Å². The second-order valence-electron chi connectivity index (χ2n) is 5.11. The molecule has 0 unspecified atom stereocenters. The normalized spacial score (nSPS) is 19.4. The lowest BCUT2D eigenvalue weighted by molar-refractivity contribution is -0.0474. The molecule has 0 aliphatic heterocycles. The molecule has 1 fully saturated rings. The molecular formula is C15H20BrIO. The lowest BCUT2D eigenvalue weighted by Crippen LogP contribution is -2.33. The van der Waals surface area contributed by atoms with E-state index in [1.807, 2.05) is 6.07 Å². The van der Waals surface area contributed by atoms with Crippen LogP contribution in [-0.2, 0) is 11.3 Å². The largest absolute Gasteiger partial charge is 0.369 e. The number of hydrogen-bond donors (Lipinski definition) is 0. The van der Waals surface area contributed by atoms with Crippen molar-refractivity contribution in [3.8, 4) is 0 Å². The highest BCUT2D eigenvalue weighted by Crippen LogP contribution is 2.33. The summed E-state index contributed by atoms with van der Waals surface area (Å²) in [5, 5.41) is 0. The number of halogens is 2. The third kappa shape index (κ3) is 3.94. The minimum absolute atomic E-state index is 0.117. The summed E-state index contributed by atoms with van der Waals surface area (Å²) in [5.74, 6) is 0. The molecule has 100 valence electrons. The van der Waals surface area contributed by atoms with E-state index in [1.165, 1.54) is 44.1 Å². The first-order chi connectivity index (χ1) is 8.76. The average molecular weight is 423 g/mol. The van der Waals surface area contributed by atoms with Crippen molar-refractivity contribution in [3.63, 3.8) is 0 Å². The molecule has 0 spiro atoms. The molecule has 0 aromatic heterocycles. The van der Waals surface area contributed by atoms with Gasteiger partial charge in [0.15, 0.2) is 0 Å². The standard InChI is InChI=1S/C15H20BrIO/c16-14-8-4-3-7-13(14)11-18-15(12-17)9-5-1-2-6-10-15/h3-4,7-8H,1-2,5-6,9-12H2. The third-order valence-electron chi connectivity index (χ3n) is 3.75. The van der Waals surface area contributed by atoms with Gasteiger partial charge in [-0.15, -0.1) is 0 Å². The summed E-state index contributed by atoms with van der Waals surface area (Å²) in [6.07, 6.45) is 7.83. The van der Waals surface area contributed by atoms with E-state index in [0.29, 0.717) is 0 Å². The van der Waals surface area contributed by atoms with Gasteiger partial charge in [-0.05, 0) is 24.5 Å². The summed E-state index contributed by atoms with van der Waals surface area (Å²) < 4.78 is 8.59. The van der Waals surface area contributed by atoms with Crippen molar-refractivity contribution in [3.05, 3.63) is 34.3 Å². The topological polar surface area (TPSA) is 9.23 Å². The number of alkyl halides is 1. The lowest BCUT2D eigenvalue weighted by Gasteiger charge is -2.31. The lowest BCUT2D eigenvalue weighted by atomic mass is 9.96. The Bertz CT molecular complexity index is 373. The number of rotatable bonds is 4. The highest BCUT2D eigenvalue weighted by molar-refractivity contribution is 14.1. The van der Waals surface area contributed by atoms with Gasteiger partial charge in [0.1, 0.15) is 0 Å². The van der Waals surface area contributed by atoms with Crippen LogP contribution >= 0.6 is 38.5 Å². The van der Waals surface area contributed by atoms with Crippen molar-refractivity contribution < 1.29 is 4.74 Å². The minimum Gasteiger partial charge on any atom is -0.369 e.